The van der Waals surface area contributed by atoms with Crippen LogP contribution in [0.2, 0.25) is 0 Å². The minimum atomic E-state index is -0.948. The molecular formula is C24H25N3O3. The van der Waals surface area contributed by atoms with Gasteiger partial charge in [-0.3, -0.25) is 4.98 Å². The molecule has 1 aliphatic rings. The van der Waals surface area contributed by atoms with E-state index >= 15 is 0 Å². The van der Waals surface area contributed by atoms with Crippen LogP contribution in [0.5, 0.6) is 0 Å². The summed E-state index contributed by atoms with van der Waals surface area (Å²) in [5.74, 6) is -0.145. The molecule has 6 heteroatoms. The Labute approximate surface area is 176 Å². The van der Waals surface area contributed by atoms with Crippen molar-refractivity contribution >= 4 is 11.8 Å². The van der Waals surface area contributed by atoms with Gasteiger partial charge < -0.3 is 14.7 Å². The molecule has 1 N–H and O–H groups in total. The number of nitrogens with zero attached hydrogens (tertiary/aromatic N) is 3. The number of piperidine rings is 1. The van der Waals surface area contributed by atoms with Gasteiger partial charge in [-0.15, -0.1) is 0 Å². The molecule has 3 aromatic rings. The number of aliphatic carboxylic acids is 1. The average Bonchev–Trinajstić information content (AvgIpc) is 2.80. The first kappa shape index (κ1) is 20.0. The summed E-state index contributed by atoms with van der Waals surface area (Å²) >= 11 is 0. The lowest BCUT2D eigenvalue weighted by molar-refractivity contribution is -0.142. The Morgan fingerprint density at radius 1 is 1.00 bits per heavy atom. The normalized spacial score (nSPS) is 16.4. The first-order chi connectivity index (χ1) is 14.7. The largest absolute Gasteiger partial charge is 0.480 e. The number of anilines is 1. The maximum absolute atomic E-state index is 10.8. The molecule has 2 aromatic carbocycles. The van der Waals surface area contributed by atoms with Crippen LogP contribution in [0.3, 0.4) is 0 Å². The van der Waals surface area contributed by atoms with Gasteiger partial charge in [-0.05, 0) is 19.3 Å². The molecule has 1 fully saturated rings. The van der Waals surface area contributed by atoms with E-state index in [0.717, 1.165) is 54.1 Å². The Bertz CT molecular complexity index is 980. The first-order valence-corrected chi connectivity index (χ1v) is 10.3. The molecule has 4 rings (SSSR count). The molecule has 0 amide bonds. The molecule has 0 radical (unpaired) electrons. The number of hydrogen-bond donors (Lipinski definition) is 1. The molecule has 2 heterocycles. The van der Waals surface area contributed by atoms with E-state index in [2.05, 4.69) is 4.90 Å². The van der Waals surface area contributed by atoms with Gasteiger partial charge in [-0.2, -0.15) is 0 Å². The van der Waals surface area contributed by atoms with Crippen molar-refractivity contribution in [2.24, 2.45) is 0 Å². The molecule has 1 saturated heterocycles. The van der Waals surface area contributed by atoms with Crippen molar-refractivity contribution in [2.75, 3.05) is 24.7 Å². The van der Waals surface area contributed by atoms with Crippen molar-refractivity contribution in [1.29, 1.82) is 0 Å². The maximum Gasteiger partial charge on any atom is 0.329 e. The SMILES string of the molecule is O=C(O)COCC1CCCCN1c1cnc(-c2ccccc2)c(-c2ccccc2)n1. The lowest BCUT2D eigenvalue weighted by atomic mass is 10.0. The first-order valence-electron chi connectivity index (χ1n) is 10.3. The molecule has 1 unspecified atom stereocenters. The third-order valence-corrected chi connectivity index (χ3v) is 5.31. The number of carboxylic acid groups (broad SMARTS) is 1. The van der Waals surface area contributed by atoms with Crippen LogP contribution in [-0.2, 0) is 9.53 Å². The average molecular weight is 403 g/mol. The third-order valence-electron chi connectivity index (χ3n) is 5.31. The van der Waals surface area contributed by atoms with Crippen LogP contribution >= 0.6 is 0 Å². The van der Waals surface area contributed by atoms with Crippen LogP contribution in [0.25, 0.3) is 22.5 Å². The zero-order chi connectivity index (χ0) is 20.8. The zero-order valence-electron chi connectivity index (χ0n) is 16.8. The second-order valence-electron chi connectivity index (χ2n) is 7.41. The van der Waals surface area contributed by atoms with Gasteiger partial charge in [-0.25, -0.2) is 9.78 Å². The van der Waals surface area contributed by atoms with Gasteiger partial charge in [0.05, 0.1) is 30.2 Å². The second kappa shape index (κ2) is 9.50. The van der Waals surface area contributed by atoms with Crippen molar-refractivity contribution in [3.05, 3.63) is 66.9 Å². The van der Waals surface area contributed by atoms with Crippen LogP contribution in [0.15, 0.2) is 66.9 Å². The monoisotopic (exact) mass is 403 g/mol. The summed E-state index contributed by atoms with van der Waals surface area (Å²) in [6.45, 7) is 0.946. The summed E-state index contributed by atoms with van der Waals surface area (Å²) in [5.41, 5.74) is 3.73. The number of rotatable bonds is 7. The number of carbonyl (C=O) groups is 1. The smallest absolute Gasteiger partial charge is 0.329 e. The van der Waals surface area contributed by atoms with Crippen LogP contribution in [-0.4, -0.2) is 46.8 Å². The van der Waals surface area contributed by atoms with E-state index in [-0.39, 0.29) is 12.6 Å². The van der Waals surface area contributed by atoms with Crippen LogP contribution in [0.4, 0.5) is 5.82 Å². The Hall–Kier alpha value is -3.25. The molecule has 154 valence electrons. The predicted molar refractivity (Wildman–Crippen MR) is 116 cm³/mol. The van der Waals surface area contributed by atoms with Gasteiger partial charge in [0.25, 0.3) is 0 Å². The highest BCUT2D eigenvalue weighted by Gasteiger charge is 2.25. The third kappa shape index (κ3) is 4.66. The lowest BCUT2D eigenvalue weighted by Crippen LogP contribution is -2.43. The van der Waals surface area contributed by atoms with E-state index in [1.165, 1.54) is 0 Å². The van der Waals surface area contributed by atoms with Crippen molar-refractivity contribution in [3.63, 3.8) is 0 Å². The number of benzene rings is 2. The summed E-state index contributed by atoms with van der Waals surface area (Å²) in [5, 5.41) is 8.87. The molecular weight excluding hydrogens is 378 g/mol. The highest BCUT2D eigenvalue weighted by Crippen LogP contribution is 2.32. The predicted octanol–water partition coefficient (Wildman–Crippen LogP) is 4.27. The molecule has 0 aliphatic carbocycles. The van der Waals surface area contributed by atoms with Gasteiger partial charge in [0.15, 0.2) is 0 Å². The minimum absolute atomic E-state index is 0.0959. The highest BCUT2D eigenvalue weighted by molar-refractivity contribution is 5.78. The van der Waals surface area contributed by atoms with Gasteiger partial charge in [0.1, 0.15) is 12.4 Å². The van der Waals surface area contributed by atoms with Crippen LogP contribution in [0, 0.1) is 0 Å². The number of aromatic nitrogens is 2. The van der Waals surface area contributed by atoms with Crippen molar-refractivity contribution in [1.82, 2.24) is 9.97 Å². The van der Waals surface area contributed by atoms with Crippen molar-refractivity contribution in [2.45, 2.75) is 25.3 Å². The fourth-order valence-corrected chi connectivity index (χ4v) is 3.88. The Balaban J connectivity index is 1.69. The molecule has 0 spiro atoms. The summed E-state index contributed by atoms with van der Waals surface area (Å²) in [7, 11) is 0. The molecule has 1 atom stereocenters. The number of hydrogen-bond acceptors (Lipinski definition) is 5. The van der Waals surface area contributed by atoms with Crippen LogP contribution < -0.4 is 4.90 Å². The fraction of sp³-hybridized carbons (Fsp3) is 0.292. The van der Waals surface area contributed by atoms with Gasteiger partial charge in [0.2, 0.25) is 0 Å². The molecule has 0 saturated carbocycles. The zero-order valence-corrected chi connectivity index (χ0v) is 16.8. The molecule has 1 aromatic heterocycles. The van der Waals surface area contributed by atoms with E-state index in [1.807, 2.05) is 66.9 Å². The Kier molecular flexibility index (Phi) is 6.35. The highest BCUT2D eigenvalue weighted by atomic mass is 16.5. The Morgan fingerprint density at radius 2 is 1.67 bits per heavy atom. The lowest BCUT2D eigenvalue weighted by Gasteiger charge is -2.36. The minimum Gasteiger partial charge on any atom is -0.480 e. The molecule has 6 nitrogen and oxygen atoms in total. The summed E-state index contributed by atoms with van der Waals surface area (Å²) < 4.78 is 5.40. The van der Waals surface area contributed by atoms with E-state index < -0.39 is 5.97 Å². The van der Waals surface area contributed by atoms with Crippen molar-refractivity contribution < 1.29 is 14.6 Å². The van der Waals surface area contributed by atoms with E-state index in [9.17, 15) is 4.79 Å². The van der Waals surface area contributed by atoms with E-state index in [1.54, 1.807) is 0 Å². The standard InChI is InChI=1S/C24H25N3O3/c28-22(29)17-30-16-20-13-7-8-14-27(20)21-15-25-23(18-9-3-1-4-10-18)24(26-21)19-11-5-2-6-12-19/h1-6,9-12,15,20H,7-8,13-14,16-17H2,(H,28,29). The fourth-order valence-electron chi connectivity index (χ4n) is 3.88. The summed E-state index contributed by atoms with van der Waals surface area (Å²) in [6.07, 6.45) is 4.93. The molecule has 0 bridgehead atoms. The maximum atomic E-state index is 10.8. The topological polar surface area (TPSA) is 75.6 Å². The molecule has 1 aliphatic heterocycles. The van der Waals surface area contributed by atoms with Gasteiger partial charge >= 0.3 is 5.97 Å². The summed E-state index contributed by atoms with van der Waals surface area (Å²) in [4.78, 5) is 22.8. The quantitative estimate of drug-likeness (QED) is 0.635. The van der Waals surface area contributed by atoms with E-state index in [4.69, 9.17) is 19.8 Å². The second-order valence-corrected chi connectivity index (χ2v) is 7.41. The van der Waals surface area contributed by atoms with Crippen molar-refractivity contribution in [3.8, 4) is 22.5 Å². The van der Waals surface area contributed by atoms with Gasteiger partial charge in [0, 0.05) is 17.7 Å². The van der Waals surface area contributed by atoms with E-state index in [0.29, 0.717) is 6.61 Å². The van der Waals surface area contributed by atoms with Gasteiger partial charge in [-0.1, -0.05) is 60.7 Å². The molecule has 30 heavy (non-hydrogen) atoms. The summed E-state index contributed by atoms with van der Waals surface area (Å²) in [6, 6.07) is 20.3. The van der Waals surface area contributed by atoms with Crippen LogP contribution in [0.1, 0.15) is 19.3 Å². The number of ether oxygens (including phenoxy) is 1. The Morgan fingerprint density at radius 3 is 2.33 bits per heavy atom. The number of carboxylic acids is 1.